The molecule has 7 rings (SSSR count). The highest BCUT2D eigenvalue weighted by Gasteiger charge is 2.39. The third kappa shape index (κ3) is 4.60. The fourth-order valence-corrected chi connectivity index (χ4v) is 6.98. The predicted octanol–water partition coefficient (Wildman–Crippen LogP) is 6.46. The fraction of sp³-hybridized carbons (Fsp3) is 0.393. The van der Waals surface area contributed by atoms with E-state index in [2.05, 4.69) is 30.8 Å². The van der Waals surface area contributed by atoms with Crippen LogP contribution in [-0.2, 0) is 16.9 Å². The highest BCUT2D eigenvalue weighted by atomic mass is 35.5. The van der Waals surface area contributed by atoms with E-state index in [4.69, 9.17) is 20.9 Å². The number of hydrogen-bond acceptors (Lipinski definition) is 9. The maximum Gasteiger partial charge on any atom is 0.204 e. The third-order valence-corrected chi connectivity index (χ3v) is 9.41. The van der Waals surface area contributed by atoms with Crippen LogP contribution >= 0.6 is 22.9 Å². The topological polar surface area (TPSA) is 123 Å². The van der Waals surface area contributed by atoms with Crippen LogP contribution in [0.5, 0.6) is 0 Å². The molecule has 0 aliphatic heterocycles. The van der Waals surface area contributed by atoms with Gasteiger partial charge in [0.25, 0.3) is 0 Å². The molecule has 0 spiro atoms. The number of rotatable bonds is 7. The smallest absolute Gasteiger partial charge is 0.204 e. The van der Waals surface area contributed by atoms with Crippen molar-refractivity contribution in [3.8, 4) is 22.6 Å². The summed E-state index contributed by atoms with van der Waals surface area (Å²) in [6.07, 6.45) is 4.34. The summed E-state index contributed by atoms with van der Waals surface area (Å²) in [6.45, 7) is 2.38. The lowest BCUT2D eigenvalue weighted by Gasteiger charge is -2.34. The summed E-state index contributed by atoms with van der Waals surface area (Å²) in [5.41, 5.74) is 3.21. The van der Waals surface area contributed by atoms with E-state index in [0.717, 1.165) is 41.0 Å². The second-order valence-corrected chi connectivity index (χ2v) is 12.1. The first-order chi connectivity index (χ1) is 19.4. The number of aliphatic hydroxyl groups is 1. The SMILES string of the molecule is Cc1cccc(Cl)c1-c1noc(C2CC2)c1COC1CCC(O)(c2nc3c(F)cc(-c4nn[nH]n4)cc3s2)CC1. The molecule has 0 saturated heterocycles. The standard InChI is InChI=1S/C28H26ClFN6O3S/c1-14-3-2-4-19(29)22(14)23-18(25(39-34-23)15-5-6-15)13-38-17-7-9-28(37,10-8-17)27-31-24-20(30)11-16(12-21(24)40-27)26-32-35-36-33-26/h2-4,11-12,15,17,37H,5-10,13H2,1H3,(H,32,33,35,36). The van der Waals surface area contributed by atoms with Crippen LogP contribution in [0, 0.1) is 12.7 Å². The summed E-state index contributed by atoms with van der Waals surface area (Å²) in [6, 6.07) is 8.91. The molecule has 0 amide bonds. The first kappa shape index (κ1) is 25.7. The van der Waals surface area contributed by atoms with E-state index < -0.39 is 11.4 Å². The Morgan fingerprint density at radius 2 is 2.05 bits per heavy atom. The molecular weight excluding hydrogens is 555 g/mol. The Morgan fingerprint density at radius 1 is 1.23 bits per heavy atom. The van der Waals surface area contributed by atoms with Gasteiger partial charge in [0.1, 0.15) is 27.6 Å². The number of halogens is 2. The van der Waals surface area contributed by atoms with Crippen LogP contribution in [0.3, 0.4) is 0 Å². The summed E-state index contributed by atoms with van der Waals surface area (Å²) in [5, 5.41) is 30.9. The molecule has 0 radical (unpaired) electrons. The van der Waals surface area contributed by atoms with Gasteiger partial charge in [0.2, 0.25) is 5.82 Å². The summed E-state index contributed by atoms with van der Waals surface area (Å²) in [5.74, 6) is 1.08. The highest BCUT2D eigenvalue weighted by molar-refractivity contribution is 7.18. The van der Waals surface area contributed by atoms with Gasteiger partial charge in [-0.25, -0.2) is 9.37 Å². The van der Waals surface area contributed by atoms with E-state index in [9.17, 15) is 9.50 Å². The van der Waals surface area contributed by atoms with Crippen molar-refractivity contribution < 1.29 is 18.8 Å². The van der Waals surface area contributed by atoms with Gasteiger partial charge in [-0.1, -0.05) is 28.9 Å². The number of nitrogens with zero attached hydrogens (tertiary/aromatic N) is 5. The number of thiazole rings is 1. The summed E-state index contributed by atoms with van der Waals surface area (Å²) < 4.78 is 27.7. The highest BCUT2D eigenvalue weighted by Crippen LogP contribution is 2.46. The molecule has 2 saturated carbocycles. The average molecular weight is 581 g/mol. The minimum Gasteiger partial charge on any atom is -0.383 e. The number of hydrogen-bond donors (Lipinski definition) is 2. The van der Waals surface area contributed by atoms with E-state index in [1.54, 1.807) is 6.07 Å². The molecule has 0 unspecified atom stereocenters. The van der Waals surface area contributed by atoms with Gasteiger partial charge in [0.15, 0.2) is 5.82 Å². The maximum absolute atomic E-state index is 14.9. The average Bonchev–Trinajstić information content (AvgIpc) is 3.31. The van der Waals surface area contributed by atoms with E-state index >= 15 is 0 Å². The molecule has 2 aliphatic rings. The van der Waals surface area contributed by atoms with Gasteiger partial charge in [-0.15, -0.1) is 21.5 Å². The molecule has 2 aromatic carbocycles. The Bertz CT molecular complexity index is 1670. The fourth-order valence-electron chi connectivity index (χ4n) is 5.51. The molecule has 9 nitrogen and oxygen atoms in total. The number of benzene rings is 2. The maximum atomic E-state index is 14.9. The predicted molar refractivity (Wildman–Crippen MR) is 147 cm³/mol. The molecule has 0 atom stereocenters. The number of nitrogens with one attached hydrogen (secondary N) is 1. The van der Waals surface area contributed by atoms with Gasteiger partial charge in [0.05, 0.1) is 22.4 Å². The molecule has 2 aliphatic carbocycles. The number of ether oxygens (including phenoxy) is 1. The van der Waals surface area contributed by atoms with Gasteiger partial charge in [0, 0.05) is 22.6 Å². The van der Waals surface area contributed by atoms with E-state index in [-0.39, 0.29) is 11.6 Å². The van der Waals surface area contributed by atoms with Crippen molar-refractivity contribution >= 4 is 33.2 Å². The summed E-state index contributed by atoms with van der Waals surface area (Å²) in [4.78, 5) is 4.50. The molecule has 3 heterocycles. The van der Waals surface area contributed by atoms with Gasteiger partial charge < -0.3 is 14.4 Å². The molecule has 12 heteroatoms. The third-order valence-electron chi connectivity index (χ3n) is 7.90. The molecule has 5 aromatic rings. The van der Waals surface area contributed by atoms with Crippen molar-refractivity contribution in [2.24, 2.45) is 0 Å². The second-order valence-electron chi connectivity index (χ2n) is 10.7. The number of tetrazole rings is 1. The minimum absolute atomic E-state index is 0.0432. The monoisotopic (exact) mass is 580 g/mol. The number of aryl methyl sites for hydroxylation is 1. The number of aromatic nitrogens is 6. The quantitative estimate of drug-likeness (QED) is 0.225. The van der Waals surface area contributed by atoms with E-state index in [1.807, 2.05) is 25.1 Å². The van der Waals surface area contributed by atoms with Crippen LogP contribution in [0.4, 0.5) is 4.39 Å². The first-order valence-corrected chi connectivity index (χ1v) is 14.5. The number of H-pyrrole nitrogens is 1. The Balaban J connectivity index is 1.07. The largest absolute Gasteiger partial charge is 0.383 e. The Kier molecular flexibility index (Phi) is 6.42. The zero-order chi connectivity index (χ0) is 27.4. The van der Waals surface area contributed by atoms with Crippen LogP contribution in [0.15, 0.2) is 34.9 Å². The van der Waals surface area contributed by atoms with Crippen LogP contribution in [0.2, 0.25) is 5.02 Å². The van der Waals surface area contributed by atoms with Crippen molar-refractivity contribution in [3.05, 3.63) is 63.1 Å². The van der Waals surface area contributed by atoms with Gasteiger partial charge in [-0.05, 0) is 74.4 Å². The van der Waals surface area contributed by atoms with Crippen LogP contribution < -0.4 is 0 Å². The zero-order valence-electron chi connectivity index (χ0n) is 21.7. The van der Waals surface area contributed by atoms with Crippen molar-refractivity contribution in [2.45, 2.75) is 69.7 Å². The van der Waals surface area contributed by atoms with Crippen molar-refractivity contribution in [2.75, 3.05) is 0 Å². The molecule has 206 valence electrons. The molecule has 2 N–H and O–H groups in total. The Morgan fingerprint density at radius 3 is 2.77 bits per heavy atom. The van der Waals surface area contributed by atoms with E-state index in [1.165, 1.54) is 17.4 Å². The number of fused-ring (bicyclic) bond motifs is 1. The van der Waals surface area contributed by atoms with Crippen molar-refractivity contribution in [1.82, 2.24) is 30.8 Å². The van der Waals surface area contributed by atoms with Gasteiger partial charge in [-0.3, -0.25) is 0 Å². The van der Waals surface area contributed by atoms with Crippen LogP contribution in [-0.4, -0.2) is 42.0 Å². The molecule has 0 bridgehead atoms. The van der Waals surface area contributed by atoms with Crippen LogP contribution in [0.1, 0.15) is 66.3 Å². The summed E-state index contributed by atoms with van der Waals surface area (Å²) >= 11 is 7.86. The lowest BCUT2D eigenvalue weighted by atomic mass is 9.83. The minimum atomic E-state index is -1.14. The Labute approximate surface area is 237 Å². The van der Waals surface area contributed by atoms with Crippen molar-refractivity contribution in [1.29, 1.82) is 0 Å². The molecule has 40 heavy (non-hydrogen) atoms. The number of aromatic amines is 1. The van der Waals surface area contributed by atoms with E-state index in [0.29, 0.717) is 64.3 Å². The lowest BCUT2D eigenvalue weighted by molar-refractivity contribution is -0.0641. The lowest BCUT2D eigenvalue weighted by Crippen LogP contribution is -2.34. The molecular formula is C28H26ClFN6O3S. The van der Waals surface area contributed by atoms with Crippen molar-refractivity contribution in [3.63, 3.8) is 0 Å². The van der Waals surface area contributed by atoms with Gasteiger partial charge in [-0.2, -0.15) is 5.21 Å². The summed E-state index contributed by atoms with van der Waals surface area (Å²) in [7, 11) is 0. The normalized spacial score (nSPS) is 21.4. The van der Waals surface area contributed by atoms with Gasteiger partial charge >= 0.3 is 0 Å². The molecule has 3 aromatic heterocycles. The van der Waals surface area contributed by atoms with Crippen LogP contribution in [0.25, 0.3) is 32.9 Å². The zero-order valence-corrected chi connectivity index (χ0v) is 23.2. The second kappa shape index (κ2) is 9.99. The Hall–Kier alpha value is -3.25. The molecule has 2 fully saturated rings. The first-order valence-electron chi connectivity index (χ1n) is 13.3.